The standard InChI is InChI=1S/C23H28N2O5S/c1-4-6-22(26)25-16(3)15-24(23(27)28)21-14-18(9-12-20(21)25)17-7-10-19(11-8-17)31(29,30)13-5-2/h7-12,14,16H,4-6,13,15H2,1-3H3,(H,27,28)/t16-/m0/s1. The van der Waals surface area contributed by atoms with Gasteiger partial charge in [0, 0.05) is 13.0 Å². The average Bonchev–Trinajstić information content (AvgIpc) is 2.73. The number of carboxylic acid groups (broad SMARTS) is 1. The average molecular weight is 445 g/mol. The molecule has 0 saturated heterocycles. The number of nitrogens with zero attached hydrogens (tertiary/aromatic N) is 2. The quantitative estimate of drug-likeness (QED) is 0.705. The van der Waals surface area contributed by atoms with Crippen molar-refractivity contribution < 1.29 is 23.1 Å². The molecule has 1 aliphatic heterocycles. The molecule has 7 nitrogen and oxygen atoms in total. The predicted octanol–water partition coefficient (Wildman–Crippen LogP) is 4.56. The van der Waals surface area contributed by atoms with E-state index in [4.69, 9.17) is 0 Å². The zero-order valence-corrected chi connectivity index (χ0v) is 18.9. The molecule has 0 bridgehead atoms. The Morgan fingerprint density at radius 3 is 2.23 bits per heavy atom. The molecule has 3 rings (SSSR count). The van der Waals surface area contributed by atoms with Crippen LogP contribution in [0.4, 0.5) is 16.2 Å². The fraction of sp³-hybridized carbons (Fsp3) is 0.391. The van der Waals surface area contributed by atoms with Gasteiger partial charge in [0.2, 0.25) is 5.91 Å². The van der Waals surface area contributed by atoms with Gasteiger partial charge in [0.15, 0.2) is 9.84 Å². The molecule has 1 N–H and O–H groups in total. The van der Waals surface area contributed by atoms with Crippen molar-refractivity contribution in [1.82, 2.24) is 0 Å². The lowest BCUT2D eigenvalue weighted by Gasteiger charge is -2.40. The summed E-state index contributed by atoms with van der Waals surface area (Å²) in [6, 6.07) is 11.7. The summed E-state index contributed by atoms with van der Waals surface area (Å²) in [6.07, 6.45) is 0.581. The first kappa shape index (κ1) is 22.8. The van der Waals surface area contributed by atoms with Gasteiger partial charge < -0.3 is 10.0 Å². The second kappa shape index (κ2) is 9.09. The Kier molecular flexibility index (Phi) is 6.69. The summed E-state index contributed by atoms with van der Waals surface area (Å²) in [5.74, 6) is 0.0676. The van der Waals surface area contributed by atoms with Crippen LogP contribution in [-0.2, 0) is 14.6 Å². The molecule has 2 amide bonds. The SMILES string of the molecule is CCCC(=O)N1c2ccc(-c3ccc(S(=O)(=O)CCC)cc3)cc2N(C(=O)O)C[C@@H]1C. The van der Waals surface area contributed by atoms with E-state index in [9.17, 15) is 23.1 Å². The Labute approximate surface area is 183 Å². The van der Waals surface area contributed by atoms with Gasteiger partial charge in [0.1, 0.15) is 0 Å². The highest BCUT2D eigenvalue weighted by molar-refractivity contribution is 7.91. The molecular formula is C23H28N2O5S. The van der Waals surface area contributed by atoms with Crippen LogP contribution in [0.1, 0.15) is 40.0 Å². The van der Waals surface area contributed by atoms with Crippen LogP contribution in [0.15, 0.2) is 47.4 Å². The molecule has 2 aromatic carbocycles. The summed E-state index contributed by atoms with van der Waals surface area (Å²) >= 11 is 0. The van der Waals surface area contributed by atoms with E-state index in [1.165, 1.54) is 4.90 Å². The fourth-order valence-electron chi connectivity index (χ4n) is 3.94. The number of anilines is 2. The summed E-state index contributed by atoms with van der Waals surface area (Å²) in [5, 5.41) is 9.72. The normalized spacial score (nSPS) is 16.2. The van der Waals surface area contributed by atoms with E-state index in [1.54, 1.807) is 41.3 Å². The van der Waals surface area contributed by atoms with Gasteiger partial charge >= 0.3 is 6.09 Å². The number of amides is 2. The van der Waals surface area contributed by atoms with Gasteiger partial charge in [-0.2, -0.15) is 0 Å². The van der Waals surface area contributed by atoms with Gasteiger partial charge in [-0.15, -0.1) is 0 Å². The summed E-state index contributed by atoms with van der Waals surface area (Å²) in [4.78, 5) is 27.8. The van der Waals surface area contributed by atoms with E-state index in [0.29, 0.717) is 30.6 Å². The molecule has 0 radical (unpaired) electrons. The van der Waals surface area contributed by atoms with Crippen LogP contribution in [0.5, 0.6) is 0 Å². The highest BCUT2D eigenvalue weighted by atomic mass is 32.2. The maximum atomic E-state index is 12.7. The van der Waals surface area contributed by atoms with Crippen molar-refractivity contribution >= 4 is 33.2 Å². The molecule has 0 aromatic heterocycles. The maximum absolute atomic E-state index is 12.7. The van der Waals surface area contributed by atoms with Gasteiger partial charge in [-0.05, 0) is 55.2 Å². The van der Waals surface area contributed by atoms with Crippen molar-refractivity contribution in [3.63, 3.8) is 0 Å². The first-order valence-corrected chi connectivity index (χ1v) is 12.1. The molecule has 1 heterocycles. The van der Waals surface area contributed by atoms with Crippen molar-refractivity contribution in [3.05, 3.63) is 42.5 Å². The molecule has 0 fully saturated rings. The van der Waals surface area contributed by atoms with E-state index in [1.807, 2.05) is 26.8 Å². The largest absolute Gasteiger partial charge is 0.465 e. The first-order chi connectivity index (χ1) is 14.7. The van der Waals surface area contributed by atoms with E-state index >= 15 is 0 Å². The van der Waals surface area contributed by atoms with Crippen molar-refractivity contribution in [1.29, 1.82) is 0 Å². The Hall–Kier alpha value is -2.87. The number of carbonyl (C=O) groups is 2. The lowest BCUT2D eigenvalue weighted by Crippen LogP contribution is -2.51. The Morgan fingerprint density at radius 1 is 1.00 bits per heavy atom. The van der Waals surface area contributed by atoms with Crippen LogP contribution in [0.2, 0.25) is 0 Å². The van der Waals surface area contributed by atoms with Crippen molar-refractivity contribution in [3.8, 4) is 11.1 Å². The molecule has 8 heteroatoms. The lowest BCUT2D eigenvalue weighted by molar-refractivity contribution is -0.119. The fourth-order valence-corrected chi connectivity index (χ4v) is 5.27. The number of sulfone groups is 1. The third-order valence-corrected chi connectivity index (χ3v) is 7.33. The van der Waals surface area contributed by atoms with Crippen molar-refractivity contribution in [2.75, 3.05) is 22.1 Å². The minimum absolute atomic E-state index is 0.0282. The molecule has 166 valence electrons. The molecule has 0 aliphatic carbocycles. The number of rotatable bonds is 6. The number of benzene rings is 2. The van der Waals surface area contributed by atoms with Gasteiger partial charge in [-0.3, -0.25) is 9.69 Å². The minimum atomic E-state index is -3.30. The minimum Gasteiger partial charge on any atom is -0.465 e. The molecule has 31 heavy (non-hydrogen) atoms. The van der Waals surface area contributed by atoms with Gasteiger partial charge in [-0.1, -0.05) is 32.0 Å². The van der Waals surface area contributed by atoms with Crippen LogP contribution >= 0.6 is 0 Å². The smallest absolute Gasteiger partial charge is 0.411 e. The predicted molar refractivity (Wildman–Crippen MR) is 121 cm³/mol. The maximum Gasteiger partial charge on any atom is 0.411 e. The summed E-state index contributed by atoms with van der Waals surface area (Å²) in [7, 11) is -3.30. The van der Waals surface area contributed by atoms with E-state index in [2.05, 4.69) is 0 Å². The van der Waals surface area contributed by atoms with Gasteiger partial charge in [0.05, 0.1) is 28.1 Å². The summed E-state index contributed by atoms with van der Waals surface area (Å²) in [5.41, 5.74) is 2.55. The zero-order chi connectivity index (χ0) is 22.8. The molecule has 0 saturated carbocycles. The summed E-state index contributed by atoms with van der Waals surface area (Å²) < 4.78 is 24.5. The topological polar surface area (TPSA) is 95.0 Å². The number of carbonyl (C=O) groups excluding carboxylic acids is 1. The second-order valence-corrected chi connectivity index (χ2v) is 9.91. The second-order valence-electron chi connectivity index (χ2n) is 7.80. The third kappa shape index (κ3) is 4.58. The molecule has 2 aromatic rings. The Morgan fingerprint density at radius 2 is 1.65 bits per heavy atom. The zero-order valence-electron chi connectivity index (χ0n) is 18.0. The molecular weight excluding hydrogens is 416 g/mol. The molecule has 0 spiro atoms. The molecule has 1 atom stereocenters. The first-order valence-electron chi connectivity index (χ1n) is 10.5. The van der Waals surface area contributed by atoms with E-state index in [0.717, 1.165) is 11.1 Å². The summed E-state index contributed by atoms with van der Waals surface area (Å²) in [6.45, 7) is 5.79. The highest BCUT2D eigenvalue weighted by Gasteiger charge is 2.34. The van der Waals surface area contributed by atoms with Crippen LogP contribution < -0.4 is 9.80 Å². The van der Waals surface area contributed by atoms with Gasteiger partial charge in [-0.25, -0.2) is 13.2 Å². The monoisotopic (exact) mass is 444 g/mol. The highest BCUT2D eigenvalue weighted by Crippen LogP contribution is 2.39. The van der Waals surface area contributed by atoms with Crippen molar-refractivity contribution in [2.45, 2.75) is 51.0 Å². The van der Waals surface area contributed by atoms with Crippen LogP contribution in [0.3, 0.4) is 0 Å². The Balaban J connectivity index is 2.03. The van der Waals surface area contributed by atoms with E-state index in [-0.39, 0.29) is 29.1 Å². The van der Waals surface area contributed by atoms with Crippen LogP contribution in [0, 0.1) is 0 Å². The third-order valence-electron chi connectivity index (χ3n) is 5.40. The molecule has 1 aliphatic rings. The molecule has 0 unspecified atom stereocenters. The lowest BCUT2D eigenvalue weighted by atomic mass is 10.0. The Bertz CT molecular complexity index is 1080. The van der Waals surface area contributed by atoms with Crippen LogP contribution in [-0.4, -0.2) is 43.9 Å². The number of hydrogen-bond acceptors (Lipinski definition) is 4. The van der Waals surface area contributed by atoms with Crippen LogP contribution in [0.25, 0.3) is 11.1 Å². The number of hydrogen-bond donors (Lipinski definition) is 1. The van der Waals surface area contributed by atoms with Gasteiger partial charge in [0.25, 0.3) is 0 Å². The number of fused-ring (bicyclic) bond motifs is 1. The van der Waals surface area contributed by atoms with E-state index < -0.39 is 15.9 Å². The van der Waals surface area contributed by atoms with Crippen molar-refractivity contribution in [2.24, 2.45) is 0 Å².